The van der Waals surface area contributed by atoms with Gasteiger partial charge in [0.25, 0.3) is 0 Å². The summed E-state index contributed by atoms with van der Waals surface area (Å²) in [6, 6.07) is 11.0. The summed E-state index contributed by atoms with van der Waals surface area (Å²) in [4.78, 5) is 4.22. The molecule has 0 saturated carbocycles. The van der Waals surface area contributed by atoms with Crippen LogP contribution in [0.2, 0.25) is 0 Å². The van der Waals surface area contributed by atoms with Gasteiger partial charge in [-0.15, -0.1) is 0 Å². The zero-order valence-electron chi connectivity index (χ0n) is 10.1. The lowest BCUT2D eigenvalue weighted by Crippen LogP contribution is -2.15. The summed E-state index contributed by atoms with van der Waals surface area (Å²) in [5.41, 5.74) is 7.67. The normalized spacial score (nSPS) is 12.8. The van der Waals surface area contributed by atoms with Gasteiger partial charge < -0.3 is 15.2 Å². The lowest BCUT2D eigenvalue weighted by atomic mass is 10.1. The molecular weight excluding hydrogens is 242 g/mol. The summed E-state index contributed by atoms with van der Waals surface area (Å²) in [5.74, 6) is 1.67. The number of benzene rings is 1. The van der Waals surface area contributed by atoms with Gasteiger partial charge in [-0.25, -0.2) is 4.98 Å². The zero-order valence-corrected chi connectivity index (χ0v) is 10.1. The molecule has 0 atom stereocenters. The fourth-order valence-electron chi connectivity index (χ4n) is 1.93. The van der Waals surface area contributed by atoms with Crippen LogP contribution in [0.3, 0.4) is 0 Å². The third-order valence-corrected chi connectivity index (χ3v) is 2.88. The molecule has 0 saturated heterocycles. The maximum absolute atomic E-state index is 8.83. The minimum atomic E-state index is 0.231. The van der Waals surface area contributed by atoms with Gasteiger partial charge in [-0.3, -0.25) is 0 Å². The number of nitrogens with zero attached hydrogens (tertiary/aromatic N) is 2. The molecule has 0 unspecified atom stereocenters. The van der Waals surface area contributed by atoms with E-state index < -0.39 is 0 Å². The molecular formula is C14H11N3O2. The van der Waals surface area contributed by atoms with Crippen molar-refractivity contribution in [3.8, 4) is 28.8 Å². The van der Waals surface area contributed by atoms with Crippen molar-refractivity contribution in [2.45, 2.75) is 0 Å². The first kappa shape index (κ1) is 11.4. The molecule has 5 nitrogen and oxygen atoms in total. The Bertz CT molecular complexity index is 677. The van der Waals surface area contributed by atoms with Gasteiger partial charge in [-0.2, -0.15) is 5.26 Å². The number of rotatable bonds is 1. The van der Waals surface area contributed by atoms with E-state index in [-0.39, 0.29) is 5.82 Å². The van der Waals surface area contributed by atoms with Crippen LogP contribution in [0.1, 0.15) is 5.56 Å². The van der Waals surface area contributed by atoms with E-state index in [0.29, 0.717) is 30.2 Å². The van der Waals surface area contributed by atoms with Crippen LogP contribution in [0.15, 0.2) is 30.3 Å². The number of nitrogen functional groups attached to an aromatic ring is 1. The standard InChI is InChI=1S/C14H11N3O2/c15-8-10-1-3-11(17-14(10)16)9-2-4-12-13(7-9)19-6-5-18-12/h1-4,7H,5-6H2,(H2,16,17). The van der Waals surface area contributed by atoms with E-state index in [4.69, 9.17) is 20.5 Å². The summed E-state index contributed by atoms with van der Waals surface area (Å²) in [6.45, 7) is 1.10. The highest BCUT2D eigenvalue weighted by Gasteiger charge is 2.13. The van der Waals surface area contributed by atoms with Crippen molar-refractivity contribution in [3.05, 3.63) is 35.9 Å². The first-order valence-electron chi connectivity index (χ1n) is 5.84. The second-order valence-corrected chi connectivity index (χ2v) is 4.10. The summed E-state index contributed by atoms with van der Waals surface area (Å²) >= 11 is 0. The van der Waals surface area contributed by atoms with Gasteiger partial charge >= 0.3 is 0 Å². The first-order valence-corrected chi connectivity index (χ1v) is 5.84. The maximum atomic E-state index is 8.83. The number of nitriles is 1. The summed E-state index contributed by atoms with van der Waals surface area (Å²) < 4.78 is 11.0. The molecule has 0 fully saturated rings. The van der Waals surface area contributed by atoms with Crippen molar-refractivity contribution in [1.29, 1.82) is 5.26 Å². The van der Waals surface area contributed by atoms with Gasteiger partial charge in [-0.1, -0.05) is 0 Å². The van der Waals surface area contributed by atoms with Gasteiger partial charge in [-0.05, 0) is 30.3 Å². The smallest absolute Gasteiger partial charge is 0.162 e. The number of anilines is 1. The maximum Gasteiger partial charge on any atom is 0.162 e. The second-order valence-electron chi connectivity index (χ2n) is 4.10. The van der Waals surface area contributed by atoms with Gasteiger partial charge in [0.15, 0.2) is 11.5 Å². The second kappa shape index (κ2) is 4.50. The SMILES string of the molecule is N#Cc1ccc(-c2ccc3c(c2)OCCO3)nc1N. The van der Waals surface area contributed by atoms with Gasteiger partial charge in [0.2, 0.25) is 0 Å². The number of hydrogen-bond donors (Lipinski definition) is 1. The van der Waals surface area contributed by atoms with Crippen molar-refractivity contribution >= 4 is 5.82 Å². The first-order chi connectivity index (χ1) is 9.28. The quantitative estimate of drug-likeness (QED) is 0.840. The highest BCUT2D eigenvalue weighted by Crippen LogP contribution is 2.34. The predicted octanol–water partition coefficient (Wildman–Crippen LogP) is 1.97. The molecule has 2 aromatic rings. The van der Waals surface area contributed by atoms with Crippen LogP contribution in [-0.2, 0) is 0 Å². The Morgan fingerprint density at radius 3 is 2.63 bits per heavy atom. The number of hydrogen-bond acceptors (Lipinski definition) is 5. The molecule has 1 aliphatic heterocycles. The van der Waals surface area contributed by atoms with E-state index in [2.05, 4.69) is 4.98 Å². The molecule has 19 heavy (non-hydrogen) atoms. The van der Waals surface area contributed by atoms with Gasteiger partial charge in [0.1, 0.15) is 25.1 Å². The average molecular weight is 253 g/mol. The van der Waals surface area contributed by atoms with Crippen LogP contribution < -0.4 is 15.2 Å². The molecule has 1 aromatic carbocycles. The van der Waals surface area contributed by atoms with Crippen molar-refractivity contribution in [2.75, 3.05) is 18.9 Å². The van der Waals surface area contributed by atoms with Crippen LogP contribution in [0.5, 0.6) is 11.5 Å². The minimum absolute atomic E-state index is 0.231. The molecule has 0 amide bonds. The van der Waals surface area contributed by atoms with Crippen LogP contribution in [0, 0.1) is 11.3 Å². The number of fused-ring (bicyclic) bond motifs is 1. The summed E-state index contributed by atoms with van der Waals surface area (Å²) in [6.07, 6.45) is 0. The molecule has 0 bridgehead atoms. The predicted molar refractivity (Wildman–Crippen MR) is 69.8 cm³/mol. The van der Waals surface area contributed by atoms with Gasteiger partial charge in [0.05, 0.1) is 11.3 Å². The van der Waals surface area contributed by atoms with Crippen LogP contribution in [0.4, 0.5) is 5.82 Å². The Balaban J connectivity index is 2.03. The molecule has 0 aliphatic carbocycles. The molecule has 5 heteroatoms. The van der Waals surface area contributed by atoms with Crippen LogP contribution >= 0.6 is 0 Å². The average Bonchev–Trinajstić information content (AvgIpc) is 2.46. The number of aromatic nitrogens is 1. The Kier molecular flexibility index (Phi) is 2.69. The molecule has 3 rings (SSSR count). The van der Waals surface area contributed by atoms with E-state index in [1.165, 1.54) is 0 Å². The van der Waals surface area contributed by atoms with E-state index in [1.807, 2.05) is 24.3 Å². The molecule has 2 N–H and O–H groups in total. The van der Waals surface area contributed by atoms with E-state index in [1.54, 1.807) is 12.1 Å². The Morgan fingerprint density at radius 1 is 1.11 bits per heavy atom. The summed E-state index contributed by atoms with van der Waals surface area (Å²) in [7, 11) is 0. The molecule has 0 spiro atoms. The zero-order chi connectivity index (χ0) is 13.2. The van der Waals surface area contributed by atoms with E-state index in [9.17, 15) is 0 Å². The molecule has 1 aromatic heterocycles. The topological polar surface area (TPSA) is 81.2 Å². The lowest BCUT2D eigenvalue weighted by molar-refractivity contribution is 0.171. The van der Waals surface area contributed by atoms with E-state index in [0.717, 1.165) is 11.3 Å². The fraction of sp³-hybridized carbons (Fsp3) is 0.143. The monoisotopic (exact) mass is 253 g/mol. The summed E-state index contributed by atoms with van der Waals surface area (Å²) in [5, 5.41) is 8.83. The molecule has 0 radical (unpaired) electrons. The lowest BCUT2D eigenvalue weighted by Gasteiger charge is -2.18. The Labute approximate surface area is 110 Å². The molecule has 2 heterocycles. The van der Waals surface area contributed by atoms with Crippen LogP contribution in [0.25, 0.3) is 11.3 Å². The third-order valence-electron chi connectivity index (χ3n) is 2.88. The third kappa shape index (κ3) is 2.04. The number of pyridine rings is 1. The van der Waals surface area contributed by atoms with Gasteiger partial charge in [0, 0.05) is 5.56 Å². The van der Waals surface area contributed by atoms with Crippen molar-refractivity contribution < 1.29 is 9.47 Å². The fourth-order valence-corrected chi connectivity index (χ4v) is 1.93. The van der Waals surface area contributed by atoms with Crippen molar-refractivity contribution in [3.63, 3.8) is 0 Å². The molecule has 1 aliphatic rings. The van der Waals surface area contributed by atoms with Crippen molar-refractivity contribution in [2.24, 2.45) is 0 Å². The highest BCUT2D eigenvalue weighted by atomic mass is 16.6. The number of nitrogens with two attached hydrogens (primary N) is 1. The largest absolute Gasteiger partial charge is 0.486 e. The van der Waals surface area contributed by atoms with E-state index >= 15 is 0 Å². The highest BCUT2D eigenvalue weighted by molar-refractivity contribution is 5.67. The minimum Gasteiger partial charge on any atom is -0.486 e. The Hall–Kier alpha value is -2.74. The van der Waals surface area contributed by atoms with Crippen LogP contribution in [-0.4, -0.2) is 18.2 Å². The number of ether oxygens (including phenoxy) is 2. The molecule has 94 valence electrons. The van der Waals surface area contributed by atoms with Crippen molar-refractivity contribution in [1.82, 2.24) is 4.98 Å². The Morgan fingerprint density at radius 2 is 1.89 bits per heavy atom.